The van der Waals surface area contributed by atoms with Gasteiger partial charge in [0.05, 0.1) is 31.9 Å². The van der Waals surface area contributed by atoms with Crippen LogP contribution in [0.15, 0.2) is 36.4 Å². The van der Waals surface area contributed by atoms with Gasteiger partial charge in [0, 0.05) is 11.6 Å². The van der Waals surface area contributed by atoms with E-state index < -0.39 is 41.0 Å². The highest BCUT2D eigenvalue weighted by molar-refractivity contribution is 7.16. The summed E-state index contributed by atoms with van der Waals surface area (Å²) in [5, 5.41) is 18.6. The van der Waals surface area contributed by atoms with Crippen LogP contribution in [0, 0.1) is 11.2 Å². The topological polar surface area (TPSA) is 103 Å². The average Bonchev–Trinajstić information content (AvgIpc) is 3.80. The summed E-state index contributed by atoms with van der Waals surface area (Å²) in [6.45, 7) is 0. The lowest BCUT2D eigenvalue weighted by atomic mass is 10.1. The smallest absolute Gasteiger partial charge is 0.369 e. The second-order valence-corrected chi connectivity index (χ2v) is 11.2. The van der Waals surface area contributed by atoms with E-state index in [1.54, 1.807) is 0 Å². The third-order valence-electron chi connectivity index (χ3n) is 6.50. The van der Waals surface area contributed by atoms with Crippen molar-refractivity contribution in [2.75, 3.05) is 16.0 Å². The first kappa shape index (κ1) is 27.6. The van der Waals surface area contributed by atoms with E-state index in [9.17, 15) is 32.3 Å². The van der Waals surface area contributed by atoms with Crippen LogP contribution in [0.5, 0.6) is 0 Å². The Labute approximate surface area is 233 Å². The maximum Gasteiger partial charge on any atom is 0.416 e. The third-order valence-corrected chi connectivity index (χ3v) is 8.17. The molecular weight excluding hydrogens is 583 g/mol. The van der Waals surface area contributed by atoms with Gasteiger partial charge in [-0.1, -0.05) is 34.5 Å². The van der Waals surface area contributed by atoms with Crippen molar-refractivity contribution < 1.29 is 32.3 Å². The zero-order chi connectivity index (χ0) is 28.1. The summed E-state index contributed by atoms with van der Waals surface area (Å²) < 4.78 is 53.2. The van der Waals surface area contributed by atoms with Gasteiger partial charge in [-0.15, -0.1) is 0 Å². The molecule has 0 radical (unpaired) electrons. The Balaban J connectivity index is 1.32. The van der Waals surface area contributed by atoms with Crippen LogP contribution < -0.4 is 16.0 Å². The molecule has 1 heterocycles. The van der Waals surface area contributed by atoms with Crippen LogP contribution in [-0.4, -0.2) is 21.9 Å². The van der Waals surface area contributed by atoms with Crippen LogP contribution in [0.2, 0.25) is 10.0 Å². The van der Waals surface area contributed by atoms with Gasteiger partial charge in [0.25, 0.3) is 0 Å². The van der Waals surface area contributed by atoms with E-state index in [4.69, 9.17) is 23.2 Å². The van der Waals surface area contributed by atoms with E-state index in [0.29, 0.717) is 10.6 Å². The highest BCUT2D eigenvalue weighted by Gasteiger charge is 2.57. The number of aliphatic hydroxyl groups excluding tert-OH is 1. The number of anilines is 3. The molecule has 7 nitrogen and oxygen atoms in total. The van der Waals surface area contributed by atoms with Crippen molar-refractivity contribution in [3.63, 3.8) is 0 Å². The van der Waals surface area contributed by atoms with Crippen molar-refractivity contribution in [3.05, 3.63) is 68.4 Å². The molecule has 2 aliphatic carbocycles. The number of aliphatic hydroxyl groups is 1. The predicted octanol–water partition coefficient (Wildman–Crippen LogP) is 6.95. The van der Waals surface area contributed by atoms with Crippen LogP contribution in [-0.2, 0) is 15.8 Å². The van der Waals surface area contributed by atoms with Gasteiger partial charge in [0.15, 0.2) is 11.4 Å². The number of rotatable bonds is 8. The molecule has 5 rings (SSSR count). The van der Waals surface area contributed by atoms with E-state index in [1.165, 1.54) is 12.1 Å². The van der Waals surface area contributed by atoms with E-state index in [2.05, 4.69) is 20.9 Å². The fraction of sp³-hybridized carbons (Fsp3) is 0.320. The number of nitrogens with zero attached hydrogens (tertiary/aromatic N) is 1. The molecule has 2 amide bonds. The van der Waals surface area contributed by atoms with E-state index in [0.717, 1.165) is 48.4 Å². The van der Waals surface area contributed by atoms with Gasteiger partial charge in [-0.25, -0.2) is 9.37 Å². The molecule has 1 unspecified atom stereocenters. The third kappa shape index (κ3) is 5.84. The maximum absolute atomic E-state index is 13.7. The molecule has 0 bridgehead atoms. The van der Waals surface area contributed by atoms with Gasteiger partial charge in [0.1, 0.15) is 11.2 Å². The molecule has 3 aromatic rings. The Morgan fingerprint density at radius 3 is 2.33 bits per heavy atom. The summed E-state index contributed by atoms with van der Waals surface area (Å²) in [6.07, 6.45) is -3.92. The van der Waals surface area contributed by atoms with Gasteiger partial charge in [-0.2, -0.15) is 13.2 Å². The molecule has 0 saturated heterocycles. The molecule has 2 aliphatic rings. The number of benzene rings is 2. The SMILES string of the molecule is O=C(Nc1ccc(Cl)c(F)c1)C1(C(=O)Nc2nc(C3CC3)c(C(O)Nc3cc(C(F)(F)F)ccc3Cl)s2)CC1. The number of hydrogen-bond acceptors (Lipinski definition) is 6. The number of amides is 2. The number of halogens is 6. The van der Waals surface area contributed by atoms with Crippen LogP contribution in [0.3, 0.4) is 0 Å². The first-order chi connectivity index (χ1) is 18.4. The molecule has 14 heteroatoms. The standard InChI is InChI=1S/C25H20Cl2F4N4O3S/c26-14-6-4-13(10-16(14)28)32-21(37)24(7-8-24)22(38)35-23-34-18(11-1-2-11)19(39-23)20(36)33-17-9-12(25(29,30)31)3-5-15(17)27/h3-6,9-11,20,33,36H,1-2,7-8H2,(H,32,37)(H,34,35,38). The van der Waals surface area contributed by atoms with Gasteiger partial charge in [-0.3, -0.25) is 9.59 Å². The lowest BCUT2D eigenvalue weighted by molar-refractivity contribution is -0.137. The Hall–Kier alpha value is -2.93. The van der Waals surface area contributed by atoms with Crippen LogP contribution in [0.1, 0.15) is 54.0 Å². The minimum Gasteiger partial charge on any atom is -0.369 e. The lowest BCUT2D eigenvalue weighted by Crippen LogP contribution is -2.35. The molecule has 1 atom stereocenters. The van der Waals surface area contributed by atoms with Gasteiger partial charge >= 0.3 is 6.18 Å². The summed E-state index contributed by atoms with van der Waals surface area (Å²) >= 11 is 12.7. The van der Waals surface area contributed by atoms with Crippen LogP contribution >= 0.6 is 34.5 Å². The molecule has 39 heavy (non-hydrogen) atoms. The molecule has 1 aromatic heterocycles. The quantitative estimate of drug-likeness (QED) is 0.127. The number of hydrogen-bond donors (Lipinski definition) is 4. The van der Waals surface area contributed by atoms with Crippen molar-refractivity contribution in [1.29, 1.82) is 0 Å². The van der Waals surface area contributed by atoms with Gasteiger partial charge in [0.2, 0.25) is 11.8 Å². The minimum absolute atomic E-state index is 0.0182. The normalized spacial score (nSPS) is 16.9. The molecule has 4 N–H and O–H groups in total. The van der Waals surface area contributed by atoms with Crippen molar-refractivity contribution in [1.82, 2.24) is 4.98 Å². The minimum atomic E-state index is -4.60. The summed E-state index contributed by atoms with van der Waals surface area (Å²) in [5.74, 6) is -1.92. The summed E-state index contributed by atoms with van der Waals surface area (Å²) in [5.41, 5.74) is -1.77. The number of carbonyl (C=O) groups is 2. The van der Waals surface area contributed by atoms with Crippen LogP contribution in [0.4, 0.5) is 34.1 Å². The zero-order valence-electron chi connectivity index (χ0n) is 19.8. The molecule has 206 valence electrons. The monoisotopic (exact) mass is 602 g/mol. The summed E-state index contributed by atoms with van der Waals surface area (Å²) in [7, 11) is 0. The molecular formula is C25H20Cl2F4N4O3S. The van der Waals surface area contributed by atoms with Crippen molar-refractivity contribution in [2.24, 2.45) is 5.41 Å². The van der Waals surface area contributed by atoms with Crippen molar-refractivity contribution in [3.8, 4) is 0 Å². The molecule has 2 fully saturated rings. The first-order valence-electron chi connectivity index (χ1n) is 11.8. The molecule has 2 aromatic carbocycles. The van der Waals surface area contributed by atoms with Crippen molar-refractivity contribution in [2.45, 2.75) is 44.0 Å². The maximum atomic E-state index is 13.7. The molecule has 0 spiro atoms. The Bertz CT molecular complexity index is 1460. The Morgan fingerprint density at radius 2 is 1.72 bits per heavy atom. The van der Waals surface area contributed by atoms with E-state index >= 15 is 0 Å². The van der Waals surface area contributed by atoms with E-state index in [-0.39, 0.29) is 45.3 Å². The second-order valence-electron chi connectivity index (χ2n) is 9.40. The highest BCUT2D eigenvalue weighted by atomic mass is 35.5. The lowest BCUT2D eigenvalue weighted by Gasteiger charge is -2.17. The first-order valence-corrected chi connectivity index (χ1v) is 13.3. The summed E-state index contributed by atoms with van der Waals surface area (Å²) in [4.78, 5) is 30.7. The van der Waals surface area contributed by atoms with Crippen molar-refractivity contribution >= 4 is 62.9 Å². The highest BCUT2D eigenvalue weighted by Crippen LogP contribution is 2.49. The van der Waals surface area contributed by atoms with Gasteiger partial charge < -0.3 is 21.1 Å². The molecule has 0 aliphatic heterocycles. The fourth-order valence-electron chi connectivity index (χ4n) is 3.99. The Morgan fingerprint density at radius 1 is 1.05 bits per heavy atom. The average molecular weight is 603 g/mol. The van der Waals surface area contributed by atoms with Crippen LogP contribution in [0.25, 0.3) is 0 Å². The van der Waals surface area contributed by atoms with Gasteiger partial charge in [-0.05, 0) is 62.1 Å². The number of aromatic nitrogens is 1. The fourth-order valence-corrected chi connectivity index (χ4v) is 5.26. The summed E-state index contributed by atoms with van der Waals surface area (Å²) in [6, 6.07) is 6.47. The molecule has 2 saturated carbocycles. The number of carbonyl (C=O) groups excluding carboxylic acids is 2. The number of alkyl halides is 3. The number of nitrogens with one attached hydrogen (secondary N) is 3. The largest absolute Gasteiger partial charge is 0.416 e. The van der Waals surface area contributed by atoms with E-state index in [1.807, 2.05) is 0 Å². The Kier molecular flexibility index (Phi) is 7.25. The predicted molar refractivity (Wildman–Crippen MR) is 139 cm³/mol. The zero-order valence-corrected chi connectivity index (χ0v) is 22.2. The number of thiazole rings is 1. The second kappa shape index (κ2) is 10.2.